The van der Waals surface area contributed by atoms with E-state index in [1.54, 1.807) is 19.1 Å². The highest BCUT2D eigenvalue weighted by Gasteiger charge is 2.39. The molecular weight excluding hydrogens is 438 g/mol. The Labute approximate surface area is 168 Å². The van der Waals surface area contributed by atoms with E-state index in [4.69, 9.17) is 16.6 Å². The molecule has 2 heterocycles. The molecule has 1 fully saturated rings. The molecule has 0 bridgehead atoms. The standard InChI is InChI=1S/C18H14BrNO4S2/c1-2-13(17(22)23)20-16(21)15(26-18(20)25)9-12-7-8-14(24-12)10-3-5-11(19)6-4-10/h3-9,13H,2H2,1H3,(H,22,23)/b15-9+. The Morgan fingerprint density at radius 2 is 2.04 bits per heavy atom. The number of carbonyl (C=O) groups is 2. The zero-order valence-corrected chi connectivity index (χ0v) is 16.9. The minimum Gasteiger partial charge on any atom is -0.480 e. The van der Waals surface area contributed by atoms with Gasteiger partial charge < -0.3 is 9.52 Å². The van der Waals surface area contributed by atoms with Crippen LogP contribution in [0.3, 0.4) is 0 Å². The van der Waals surface area contributed by atoms with Crippen molar-refractivity contribution < 1.29 is 19.1 Å². The van der Waals surface area contributed by atoms with Gasteiger partial charge >= 0.3 is 5.97 Å². The molecule has 5 nitrogen and oxygen atoms in total. The molecule has 1 aliphatic rings. The van der Waals surface area contributed by atoms with Crippen molar-refractivity contribution in [1.82, 2.24) is 4.90 Å². The third-order valence-electron chi connectivity index (χ3n) is 3.84. The van der Waals surface area contributed by atoms with Crippen LogP contribution < -0.4 is 0 Å². The van der Waals surface area contributed by atoms with Crippen LogP contribution in [0.2, 0.25) is 0 Å². The van der Waals surface area contributed by atoms with Gasteiger partial charge in [0, 0.05) is 16.1 Å². The number of furan rings is 1. The van der Waals surface area contributed by atoms with Crippen molar-refractivity contribution in [2.75, 3.05) is 0 Å². The highest BCUT2D eigenvalue weighted by molar-refractivity contribution is 9.10. The maximum absolute atomic E-state index is 12.6. The van der Waals surface area contributed by atoms with Gasteiger partial charge in [0.05, 0.1) is 4.91 Å². The van der Waals surface area contributed by atoms with E-state index >= 15 is 0 Å². The van der Waals surface area contributed by atoms with Crippen molar-refractivity contribution in [2.45, 2.75) is 19.4 Å². The number of thioether (sulfide) groups is 1. The number of thiocarbonyl (C=S) groups is 1. The van der Waals surface area contributed by atoms with Crippen molar-refractivity contribution in [2.24, 2.45) is 0 Å². The average molecular weight is 452 g/mol. The molecule has 26 heavy (non-hydrogen) atoms. The van der Waals surface area contributed by atoms with Crippen LogP contribution in [-0.2, 0) is 9.59 Å². The number of hydrogen-bond acceptors (Lipinski definition) is 5. The largest absolute Gasteiger partial charge is 0.480 e. The Bertz CT molecular complexity index is 904. The molecule has 8 heteroatoms. The van der Waals surface area contributed by atoms with Crippen LogP contribution in [0.4, 0.5) is 0 Å². The topological polar surface area (TPSA) is 70.8 Å². The lowest BCUT2D eigenvalue weighted by molar-refractivity contribution is -0.145. The average Bonchev–Trinajstić information content (AvgIpc) is 3.16. The summed E-state index contributed by atoms with van der Waals surface area (Å²) in [4.78, 5) is 25.4. The molecule has 1 aliphatic heterocycles. The quantitative estimate of drug-likeness (QED) is 0.521. The Kier molecular flexibility index (Phi) is 5.64. The van der Waals surface area contributed by atoms with Crippen LogP contribution in [-0.4, -0.2) is 32.2 Å². The highest BCUT2D eigenvalue weighted by Crippen LogP contribution is 2.35. The fourth-order valence-electron chi connectivity index (χ4n) is 2.55. The molecule has 1 unspecified atom stereocenters. The van der Waals surface area contributed by atoms with E-state index < -0.39 is 17.9 Å². The van der Waals surface area contributed by atoms with Crippen LogP contribution in [0.1, 0.15) is 19.1 Å². The summed E-state index contributed by atoms with van der Waals surface area (Å²) in [6.07, 6.45) is 1.87. The van der Waals surface area contributed by atoms with Crippen molar-refractivity contribution in [3.05, 3.63) is 51.5 Å². The summed E-state index contributed by atoms with van der Waals surface area (Å²) in [6, 6.07) is 10.3. The smallest absolute Gasteiger partial charge is 0.326 e. The molecule has 3 rings (SSSR count). The van der Waals surface area contributed by atoms with E-state index in [1.807, 2.05) is 30.3 Å². The van der Waals surface area contributed by atoms with E-state index in [2.05, 4.69) is 15.9 Å². The summed E-state index contributed by atoms with van der Waals surface area (Å²) in [5.74, 6) is -0.292. The molecule has 0 spiro atoms. The molecule has 1 aromatic carbocycles. The van der Waals surface area contributed by atoms with Gasteiger partial charge in [-0.05, 0) is 30.7 Å². The lowest BCUT2D eigenvalue weighted by Crippen LogP contribution is -2.43. The second kappa shape index (κ2) is 7.77. The van der Waals surface area contributed by atoms with Gasteiger partial charge in [0.25, 0.3) is 5.91 Å². The van der Waals surface area contributed by atoms with Gasteiger partial charge in [-0.2, -0.15) is 0 Å². The van der Waals surface area contributed by atoms with Gasteiger partial charge in [-0.15, -0.1) is 0 Å². The number of carbonyl (C=O) groups excluding carboxylic acids is 1. The summed E-state index contributed by atoms with van der Waals surface area (Å²) in [6.45, 7) is 1.71. The van der Waals surface area contributed by atoms with Crippen LogP contribution in [0.25, 0.3) is 17.4 Å². The molecule has 1 atom stereocenters. The van der Waals surface area contributed by atoms with Gasteiger partial charge in [-0.3, -0.25) is 9.69 Å². The number of amides is 1. The summed E-state index contributed by atoms with van der Waals surface area (Å²) in [7, 11) is 0. The lowest BCUT2D eigenvalue weighted by Gasteiger charge is -2.21. The van der Waals surface area contributed by atoms with Crippen LogP contribution in [0.5, 0.6) is 0 Å². The Hall–Kier alpha value is -1.90. The molecule has 0 saturated carbocycles. The molecule has 0 aliphatic carbocycles. The SMILES string of the molecule is CCC(C(=O)O)N1C(=O)/C(=C\c2ccc(-c3ccc(Br)cc3)o2)SC1=S. The number of hydrogen-bond donors (Lipinski definition) is 1. The van der Waals surface area contributed by atoms with Crippen molar-refractivity contribution in [3.63, 3.8) is 0 Å². The number of benzene rings is 1. The molecular formula is C18H14BrNO4S2. The van der Waals surface area contributed by atoms with E-state index in [1.165, 1.54) is 0 Å². The summed E-state index contributed by atoms with van der Waals surface area (Å²) >= 11 is 9.67. The molecule has 2 aromatic rings. The zero-order chi connectivity index (χ0) is 18.8. The predicted octanol–water partition coefficient (Wildman–Crippen LogP) is 4.77. The van der Waals surface area contributed by atoms with Crippen LogP contribution in [0.15, 0.2) is 50.2 Å². The fourth-order valence-corrected chi connectivity index (χ4v) is 4.15. The molecule has 1 N–H and O–H groups in total. The normalized spacial score (nSPS) is 17.2. The molecule has 1 amide bonds. The molecule has 1 saturated heterocycles. The van der Waals surface area contributed by atoms with Gasteiger partial charge in [0.15, 0.2) is 0 Å². The Morgan fingerprint density at radius 3 is 2.65 bits per heavy atom. The van der Waals surface area contributed by atoms with E-state index in [9.17, 15) is 14.7 Å². The maximum Gasteiger partial charge on any atom is 0.326 e. The molecule has 134 valence electrons. The number of aliphatic carboxylic acids is 1. The minimum atomic E-state index is -1.07. The zero-order valence-electron chi connectivity index (χ0n) is 13.6. The third kappa shape index (κ3) is 3.77. The first kappa shape index (κ1) is 18.9. The first-order valence-electron chi connectivity index (χ1n) is 7.76. The Balaban J connectivity index is 1.85. The minimum absolute atomic E-state index is 0.246. The summed E-state index contributed by atoms with van der Waals surface area (Å²) in [5.41, 5.74) is 0.914. The van der Waals surface area contributed by atoms with Crippen molar-refractivity contribution in [3.8, 4) is 11.3 Å². The monoisotopic (exact) mass is 451 g/mol. The van der Waals surface area contributed by atoms with Crippen molar-refractivity contribution in [1.29, 1.82) is 0 Å². The second-order valence-corrected chi connectivity index (χ2v) is 8.11. The van der Waals surface area contributed by atoms with Crippen LogP contribution >= 0.6 is 39.9 Å². The predicted molar refractivity (Wildman–Crippen MR) is 109 cm³/mol. The lowest BCUT2D eigenvalue weighted by atomic mass is 10.2. The van der Waals surface area contributed by atoms with Gasteiger partial charge in [-0.1, -0.05) is 59.0 Å². The first-order valence-corrected chi connectivity index (χ1v) is 9.78. The number of carboxylic acids is 1. The van der Waals surface area contributed by atoms with Crippen LogP contribution in [0, 0.1) is 0 Å². The van der Waals surface area contributed by atoms with Gasteiger partial charge in [-0.25, -0.2) is 4.79 Å². The van der Waals surface area contributed by atoms with Gasteiger partial charge in [0.2, 0.25) is 0 Å². The van der Waals surface area contributed by atoms with Crippen molar-refractivity contribution >= 4 is 62.2 Å². The summed E-state index contributed by atoms with van der Waals surface area (Å²) < 4.78 is 7.01. The third-order valence-corrected chi connectivity index (χ3v) is 5.69. The molecule has 1 aromatic heterocycles. The van der Waals surface area contributed by atoms with E-state index in [0.717, 1.165) is 26.7 Å². The number of rotatable bonds is 5. The Morgan fingerprint density at radius 1 is 1.35 bits per heavy atom. The first-order chi connectivity index (χ1) is 12.4. The second-order valence-electron chi connectivity index (χ2n) is 5.52. The highest BCUT2D eigenvalue weighted by atomic mass is 79.9. The van der Waals surface area contributed by atoms with Gasteiger partial charge in [0.1, 0.15) is 21.9 Å². The molecule has 0 radical (unpaired) electrons. The summed E-state index contributed by atoms with van der Waals surface area (Å²) in [5, 5.41) is 9.29. The number of nitrogens with zero attached hydrogens (tertiary/aromatic N) is 1. The maximum atomic E-state index is 12.6. The van der Waals surface area contributed by atoms with E-state index in [0.29, 0.717) is 16.4 Å². The van der Waals surface area contributed by atoms with E-state index in [-0.39, 0.29) is 10.7 Å². The number of halogens is 1. The number of carboxylic acid groups (broad SMARTS) is 1. The fraction of sp³-hybridized carbons (Fsp3) is 0.167.